The summed E-state index contributed by atoms with van der Waals surface area (Å²) in [4.78, 5) is 11.0. The van der Waals surface area contributed by atoms with E-state index in [0.29, 0.717) is 28.5 Å². The second-order valence-corrected chi connectivity index (χ2v) is 4.60. The van der Waals surface area contributed by atoms with Gasteiger partial charge in [0.05, 0.1) is 18.4 Å². The molecule has 0 saturated heterocycles. The fourth-order valence-electron chi connectivity index (χ4n) is 0.977. The van der Waals surface area contributed by atoms with E-state index in [1.807, 2.05) is 0 Å². The van der Waals surface area contributed by atoms with Gasteiger partial charge in [-0.2, -0.15) is 13.2 Å². The highest BCUT2D eigenvalue weighted by molar-refractivity contribution is 8.04. The number of ether oxygens (including phenoxy) is 1. The summed E-state index contributed by atoms with van der Waals surface area (Å²) in [6.45, 7) is 3.21. The van der Waals surface area contributed by atoms with Crippen molar-refractivity contribution in [2.45, 2.75) is 20.0 Å². The van der Waals surface area contributed by atoms with Crippen LogP contribution in [0.25, 0.3) is 0 Å². The maximum absolute atomic E-state index is 12.8. The molecule has 0 saturated carbocycles. The number of carbonyl (C=O) groups is 1. The van der Waals surface area contributed by atoms with E-state index >= 15 is 0 Å². The summed E-state index contributed by atoms with van der Waals surface area (Å²) < 4.78 is 45.5. The first-order valence-electron chi connectivity index (χ1n) is 5.19. The Bertz CT molecular complexity index is 345. The molecule has 0 unspecified atom stereocenters. The predicted molar refractivity (Wildman–Crippen MR) is 68.0 cm³/mol. The van der Waals surface area contributed by atoms with Crippen LogP contribution in [-0.2, 0) is 9.53 Å². The van der Waals surface area contributed by atoms with Crippen molar-refractivity contribution in [3.63, 3.8) is 0 Å². The van der Waals surface area contributed by atoms with E-state index in [2.05, 4.69) is 14.2 Å². The maximum Gasteiger partial charge on any atom is 0.419 e. The van der Waals surface area contributed by atoms with Gasteiger partial charge in [0.25, 0.3) is 0 Å². The number of hydrogen-bond acceptors (Lipinski definition) is 5. The van der Waals surface area contributed by atoms with Gasteiger partial charge in [-0.15, -0.1) is 11.8 Å². The summed E-state index contributed by atoms with van der Waals surface area (Å²) in [6.07, 6.45) is -4.03. The number of carbonyl (C=O) groups excluding carboxylic acids is 1. The Morgan fingerprint density at radius 2 is 2.11 bits per heavy atom. The molecular formula is C9H14AlF3N2O2S. The normalized spacial score (nSPS) is 13.4. The average molecular weight is 298 g/mol. The number of alkyl halides is 3. The molecule has 102 valence electrons. The highest BCUT2D eigenvalue weighted by atomic mass is 32.2. The molecule has 0 radical (unpaired) electrons. The molecule has 0 amide bonds. The van der Waals surface area contributed by atoms with E-state index in [0.717, 1.165) is 11.8 Å². The first kappa shape index (κ1) is 17.4. The van der Waals surface area contributed by atoms with Gasteiger partial charge < -0.3 is 9.15 Å². The minimum absolute atomic E-state index is 0.0217. The Balaban J connectivity index is 5.54. The van der Waals surface area contributed by atoms with Crippen molar-refractivity contribution in [1.29, 1.82) is 0 Å². The molecule has 4 nitrogen and oxygen atoms in total. The lowest BCUT2D eigenvalue weighted by molar-refractivity contribution is -0.138. The summed E-state index contributed by atoms with van der Waals surface area (Å²) in [5.74, 6) is -0.646. The van der Waals surface area contributed by atoms with Crippen LogP contribution in [0, 0.1) is 0 Å². The summed E-state index contributed by atoms with van der Waals surface area (Å²) in [5, 5.41) is 3.37. The summed E-state index contributed by atoms with van der Waals surface area (Å²) in [6, 6.07) is 0. The average Bonchev–Trinajstić information content (AvgIpc) is 2.26. The lowest BCUT2D eigenvalue weighted by atomic mass is 10.2. The van der Waals surface area contributed by atoms with Crippen molar-refractivity contribution >= 4 is 40.5 Å². The van der Waals surface area contributed by atoms with Crippen LogP contribution in [0.5, 0.6) is 0 Å². The topological polar surface area (TPSA) is 50.7 Å². The Morgan fingerprint density at radius 3 is 2.50 bits per heavy atom. The monoisotopic (exact) mass is 298 g/mol. The predicted octanol–water partition coefficient (Wildman–Crippen LogP) is 1.24. The first-order valence-corrected chi connectivity index (χ1v) is 7.18. The standard InChI is InChI=1S/C9H13F3N2O2S.Al.2H/c1-3-16-8(15)7(17-4-2)6(5-14-13)9(10,11)12;;;/h5H,3-4H2,1-2H3,(H2,13,15);;;/q;+1;;/p-1. The number of halogens is 3. The molecule has 0 heterocycles. The third kappa shape index (κ3) is 5.80. The molecule has 0 bridgehead atoms. The number of esters is 1. The fourth-order valence-corrected chi connectivity index (χ4v) is 1.90. The molecule has 0 atom stereocenters. The van der Waals surface area contributed by atoms with Crippen LogP contribution < -0.4 is 4.41 Å². The lowest BCUT2D eigenvalue weighted by Crippen LogP contribution is -2.20. The Hall–Kier alpha value is -0.648. The molecule has 0 aromatic carbocycles. The highest BCUT2D eigenvalue weighted by Gasteiger charge is 2.37. The van der Waals surface area contributed by atoms with Crippen molar-refractivity contribution < 1.29 is 22.7 Å². The Labute approximate surface area is 116 Å². The van der Waals surface area contributed by atoms with Crippen molar-refractivity contribution in [3.05, 3.63) is 10.5 Å². The molecule has 0 spiro atoms. The zero-order chi connectivity index (χ0) is 14.2. The van der Waals surface area contributed by atoms with Crippen LogP contribution in [0.15, 0.2) is 15.6 Å². The van der Waals surface area contributed by atoms with Crippen LogP contribution in [0.1, 0.15) is 13.8 Å². The van der Waals surface area contributed by atoms with Crippen LogP contribution >= 0.6 is 11.8 Å². The number of hydrazone groups is 1. The van der Waals surface area contributed by atoms with Gasteiger partial charge in [0.15, 0.2) is 0 Å². The molecule has 0 aliphatic rings. The molecule has 9 heteroatoms. The summed E-state index contributed by atoms with van der Waals surface area (Å²) >= 11 is 1.20. The first-order chi connectivity index (χ1) is 8.38. The molecule has 0 aliphatic heterocycles. The van der Waals surface area contributed by atoms with E-state index in [9.17, 15) is 18.0 Å². The van der Waals surface area contributed by atoms with Crippen molar-refractivity contribution in [2.75, 3.05) is 12.4 Å². The second kappa shape index (κ2) is 8.45. The van der Waals surface area contributed by atoms with Crippen LogP contribution in [0.2, 0.25) is 0 Å². The number of rotatable bonds is 6. The number of nitrogens with zero attached hydrogens (tertiary/aromatic N) is 1. The molecule has 18 heavy (non-hydrogen) atoms. The number of hydrogen-bond donors (Lipinski definition) is 1. The molecule has 0 fully saturated rings. The van der Waals surface area contributed by atoms with Crippen molar-refractivity contribution in [2.24, 2.45) is 5.10 Å². The summed E-state index contributed by atoms with van der Waals surface area (Å²) in [7, 11) is 0. The Morgan fingerprint density at radius 1 is 1.50 bits per heavy atom. The molecule has 0 aromatic heterocycles. The third-order valence-electron chi connectivity index (χ3n) is 1.62. The zero-order valence-corrected chi connectivity index (χ0v) is 13.1. The van der Waals surface area contributed by atoms with Crippen LogP contribution in [0.4, 0.5) is 13.2 Å². The highest BCUT2D eigenvalue weighted by Crippen LogP contribution is 2.32. The fraction of sp³-hybridized carbons (Fsp3) is 0.556. The lowest BCUT2D eigenvalue weighted by Gasteiger charge is -2.13. The zero-order valence-electron chi connectivity index (χ0n) is 10.3. The van der Waals surface area contributed by atoms with Gasteiger partial charge in [-0.3, -0.25) is 0 Å². The third-order valence-corrected chi connectivity index (χ3v) is 2.84. The van der Waals surface area contributed by atoms with E-state index in [-0.39, 0.29) is 6.61 Å². The summed E-state index contributed by atoms with van der Waals surface area (Å²) in [5.41, 5.74) is -1.09. The number of allylic oxidation sites excluding steroid dienone is 1. The number of nitrogens with one attached hydrogen (secondary N) is 1. The smallest absolute Gasteiger partial charge is 0.419 e. The van der Waals surface area contributed by atoms with Crippen molar-refractivity contribution in [3.8, 4) is 0 Å². The van der Waals surface area contributed by atoms with Gasteiger partial charge in [-0.05, 0) is 12.7 Å². The van der Waals surface area contributed by atoms with Crippen LogP contribution in [-0.4, -0.2) is 47.2 Å². The van der Waals surface area contributed by atoms with Gasteiger partial charge in [-0.1, -0.05) is 6.92 Å². The Kier molecular flexibility index (Phi) is 8.15. The van der Waals surface area contributed by atoms with Gasteiger partial charge in [0, 0.05) is 0 Å². The van der Waals surface area contributed by atoms with Gasteiger partial charge in [0.2, 0.25) is 0 Å². The van der Waals surface area contributed by atoms with Gasteiger partial charge in [0.1, 0.15) is 4.91 Å². The SMILES string of the molecule is CCOC(=O)/C(SCC)=C(\C=N\[NH][AlH2])C(F)(F)F. The van der Waals surface area contributed by atoms with Crippen LogP contribution in [0.3, 0.4) is 0 Å². The molecular weight excluding hydrogens is 284 g/mol. The van der Waals surface area contributed by atoms with E-state index in [1.54, 1.807) is 6.92 Å². The van der Waals surface area contributed by atoms with Gasteiger partial charge >= 0.3 is 28.7 Å². The number of thioether (sulfide) groups is 1. The quantitative estimate of drug-likeness (QED) is 0.263. The van der Waals surface area contributed by atoms with E-state index in [1.165, 1.54) is 6.92 Å². The molecule has 0 aromatic rings. The van der Waals surface area contributed by atoms with E-state index in [4.69, 9.17) is 0 Å². The minimum Gasteiger partial charge on any atom is -0.462 e. The molecule has 0 rings (SSSR count). The van der Waals surface area contributed by atoms with E-state index < -0.39 is 22.6 Å². The largest absolute Gasteiger partial charge is 0.462 e. The second-order valence-electron chi connectivity index (χ2n) is 2.88. The maximum atomic E-state index is 12.8. The molecule has 1 N–H and O–H groups in total. The van der Waals surface area contributed by atoms with Gasteiger partial charge in [-0.25, -0.2) is 9.90 Å². The molecule has 0 aliphatic carbocycles. The minimum atomic E-state index is -4.65. The van der Waals surface area contributed by atoms with Crippen molar-refractivity contribution in [1.82, 2.24) is 4.41 Å².